The van der Waals surface area contributed by atoms with Crippen molar-refractivity contribution in [1.29, 1.82) is 0 Å². The van der Waals surface area contributed by atoms with E-state index in [4.69, 9.17) is 9.15 Å². The predicted molar refractivity (Wildman–Crippen MR) is 110 cm³/mol. The Balaban J connectivity index is 1.63. The molecule has 29 heavy (non-hydrogen) atoms. The molecule has 0 saturated carbocycles. The second-order valence-corrected chi connectivity index (χ2v) is 6.76. The monoisotopic (exact) mass is 390 g/mol. The molecule has 0 bridgehead atoms. The molecule has 1 amide bonds. The van der Waals surface area contributed by atoms with Crippen molar-refractivity contribution in [1.82, 2.24) is 20.1 Å². The van der Waals surface area contributed by atoms with E-state index in [0.717, 1.165) is 22.4 Å². The number of aromatic nitrogens is 3. The number of nitrogens with one attached hydrogen (secondary N) is 1. The molecule has 0 aliphatic carbocycles. The second-order valence-electron chi connectivity index (χ2n) is 6.76. The maximum Gasteiger partial charge on any atom is 0.252 e. The van der Waals surface area contributed by atoms with Crippen LogP contribution in [0, 0.1) is 6.92 Å². The molecule has 3 heterocycles. The number of pyridine rings is 1. The minimum absolute atomic E-state index is 0.170. The zero-order chi connectivity index (χ0) is 20.4. The van der Waals surface area contributed by atoms with Crippen molar-refractivity contribution in [2.75, 3.05) is 13.7 Å². The summed E-state index contributed by atoms with van der Waals surface area (Å²) in [5.41, 5.74) is 3.58. The Morgan fingerprint density at radius 1 is 1.24 bits per heavy atom. The first-order chi connectivity index (χ1) is 14.1. The third-order valence-corrected chi connectivity index (χ3v) is 4.86. The molecule has 7 nitrogen and oxygen atoms in total. The molecule has 0 spiro atoms. The normalized spacial score (nSPS) is 11.0. The van der Waals surface area contributed by atoms with Gasteiger partial charge < -0.3 is 14.5 Å². The summed E-state index contributed by atoms with van der Waals surface area (Å²) in [7, 11) is 3.46. The molecule has 0 aliphatic heterocycles. The number of amides is 1. The van der Waals surface area contributed by atoms with Gasteiger partial charge in [0.2, 0.25) is 0 Å². The van der Waals surface area contributed by atoms with E-state index < -0.39 is 0 Å². The maximum atomic E-state index is 13.0. The highest BCUT2D eigenvalue weighted by atomic mass is 16.5. The van der Waals surface area contributed by atoms with Crippen LogP contribution in [0.2, 0.25) is 0 Å². The summed E-state index contributed by atoms with van der Waals surface area (Å²) in [5.74, 6) is 1.25. The van der Waals surface area contributed by atoms with Gasteiger partial charge in [-0.15, -0.1) is 0 Å². The molecule has 3 aromatic heterocycles. The number of hydrogen-bond donors (Lipinski definition) is 1. The van der Waals surface area contributed by atoms with Crippen LogP contribution in [0.25, 0.3) is 22.5 Å². The average Bonchev–Trinajstić information content (AvgIpc) is 3.36. The second kappa shape index (κ2) is 7.79. The van der Waals surface area contributed by atoms with E-state index in [-0.39, 0.29) is 5.91 Å². The van der Waals surface area contributed by atoms with Crippen LogP contribution >= 0.6 is 0 Å². The van der Waals surface area contributed by atoms with E-state index >= 15 is 0 Å². The van der Waals surface area contributed by atoms with Crippen LogP contribution in [-0.4, -0.2) is 34.3 Å². The summed E-state index contributed by atoms with van der Waals surface area (Å²) in [6, 6.07) is 13.2. The largest absolute Gasteiger partial charge is 0.496 e. The van der Waals surface area contributed by atoms with Gasteiger partial charge >= 0.3 is 0 Å². The molecule has 7 heteroatoms. The van der Waals surface area contributed by atoms with Gasteiger partial charge in [-0.3, -0.25) is 9.48 Å². The number of methoxy groups -OCH3 is 1. The lowest BCUT2D eigenvalue weighted by Gasteiger charge is -2.10. The molecule has 0 unspecified atom stereocenters. The van der Waals surface area contributed by atoms with Gasteiger partial charge in [0, 0.05) is 13.6 Å². The number of aryl methyl sites for hydroxylation is 2. The molecule has 1 aromatic carbocycles. The van der Waals surface area contributed by atoms with Crippen LogP contribution in [0.4, 0.5) is 0 Å². The van der Waals surface area contributed by atoms with E-state index in [1.54, 1.807) is 30.2 Å². The van der Waals surface area contributed by atoms with Crippen LogP contribution in [0.15, 0.2) is 53.1 Å². The summed E-state index contributed by atoms with van der Waals surface area (Å²) in [4.78, 5) is 17.7. The van der Waals surface area contributed by atoms with Gasteiger partial charge in [0.1, 0.15) is 11.4 Å². The fourth-order valence-corrected chi connectivity index (χ4v) is 3.49. The van der Waals surface area contributed by atoms with Gasteiger partial charge in [0.15, 0.2) is 11.4 Å². The molecule has 0 radical (unpaired) electrons. The number of furan rings is 1. The maximum absolute atomic E-state index is 13.0. The Bertz CT molecular complexity index is 1160. The van der Waals surface area contributed by atoms with Gasteiger partial charge in [-0.2, -0.15) is 5.10 Å². The number of benzene rings is 1. The van der Waals surface area contributed by atoms with E-state index in [0.29, 0.717) is 35.6 Å². The number of rotatable bonds is 6. The Morgan fingerprint density at radius 2 is 2.07 bits per heavy atom. The molecular formula is C22H22N4O3. The molecule has 4 rings (SSSR count). The number of ether oxygens (including phenoxy) is 1. The number of para-hydroxylation sites is 1. The first kappa shape index (κ1) is 18.7. The van der Waals surface area contributed by atoms with Gasteiger partial charge in [-0.1, -0.05) is 18.2 Å². The minimum atomic E-state index is -0.170. The van der Waals surface area contributed by atoms with Gasteiger partial charge in [0.05, 0.1) is 30.0 Å². The fraction of sp³-hybridized carbons (Fsp3) is 0.227. The lowest BCUT2D eigenvalue weighted by atomic mass is 10.1. The average molecular weight is 390 g/mol. The van der Waals surface area contributed by atoms with Crippen molar-refractivity contribution in [3.05, 3.63) is 65.5 Å². The molecular weight excluding hydrogens is 368 g/mol. The third kappa shape index (κ3) is 3.59. The Hall–Kier alpha value is -3.61. The quantitative estimate of drug-likeness (QED) is 0.545. The van der Waals surface area contributed by atoms with E-state index in [2.05, 4.69) is 15.4 Å². The van der Waals surface area contributed by atoms with Crippen LogP contribution < -0.4 is 10.1 Å². The zero-order valence-corrected chi connectivity index (χ0v) is 16.6. The number of carbonyl (C=O) groups excluding carboxylic acids is 1. The third-order valence-electron chi connectivity index (χ3n) is 4.86. The molecule has 0 saturated heterocycles. The summed E-state index contributed by atoms with van der Waals surface area (Å²) in [5, 5.41) is 8.19. The van der Waals surface area contributed by atoms with Crippen molar-refractivity contribution >= 4 is 16.9 Å². The number of fused-ring (bicyclic) bond motifs is 1. The number of nitrogens with zero attached hydrogens (tertiary/aromatic N) is 3. The molecule has 148 valence electrons. The van der Waals surface area contributed by atoms with Crippen LogP contribution in [0.3, 0.4) is 0 Å². The lowest BCUT2D eigenvalue weighted by Crippen LogP contribution is -2.26. The smallest absolute Gasteiger partial charge is 0.252 e. The standard InChI is InChI=1S/C22H22N4O3/c1-14-20-16(22(27)23-11-10-15-7-4-5-8-18(15)28-3)13-17(19-9-6-12-29-19)24-21(20)26(2)25-14/h4-9,12-13H,10-11H2,1-3H3,(H,23,27). The highest BCUT2D eigenvalue weighted by molar-refractivity contribution is 6.07. The minimum Gasteiger partial charge on any atom is -0.496 e. The first-order valence-corrected chi connectivity index (χ1v) is 9.37. The van der Waals surface area contributed by atoms with Crippen molar-refractivity contribution < 1.29 is 13.9 Å². The highest BCUT2D eigenvalue weighted by Gasteiger charge is 2.20. The zero-order valence-electron chi connectivity index (χ0n) is 16.6. The SMILES string of the molecule is COc1ccccc1CCNC(=O)c1cc(-c2ccco2)nc2c1c(C)nn2C. The fourth-order valence-electron chi connectivity index (χ4n) is 3.49. The van der Waals surface area contributed by atoms with E-state index in [1.807, 2.05) is 44.3 Å². The van der Waals surface area contributed by atoms with Gasteiger partial charge in [-0.05, 0) is 43.2 Å². The van der Waals surface area contributed by atoms with Crippen molar-refractivity contribution in [3.8, 4) is 17.2 Å². The van der Waals surface area contributed by atoms with Crippen LogP contribution in [0.1, 0.15) is 21.6 Å². The molecule has 0 fully saturated rings. The number of carbonyl (C=O) groups is 1. The number of hydrogen-bond acceptors (Lipinski definition) is 5. The summed E-state index contributed by atoms with van der Waals surface area (Å²) in [6.07, 6.45) is 2.25. The lowest BCUT2D eigenvalue weighted by molar-refractivity contribution is 0.0955. The van der Waals surface area contributed by atoms with E-state index in [1.165, 1.54) is 0 Å². The summed E-state index contributed by atoms with van der Waals surface area (Å²) in [6.45, 7) is 2.36. The van der Waals surface area contributed by atoms with Gasteiger partial charge in [-0.25, -0.2) is 4.98 Å². The Kier molecular flexibility index (Phi) is 5.03. The van der Waals surface area contributed by atoms with Crippen LogP contribution in [0.5, 0.6) is 5.75 Å². The molecule has 1 N–H and O–H groups in total. The van der Waals surface area contributed by atoms with E-state index in [9.17, 15) is 4.79 Å². The topological polar surface area (TPSA) is 82.2 Å². The Morgan fingerprint density at radius 3 is 2.83 bits per heavy atom. The Labute approximate surface area is 168 Å². The summed E-state index contributed by atoms with van der Waals surface area (Å²) < 4.78 is 12.5. The highest BCUT2D eigenvalue weighted by Crippen LogP contribution is 2.27. The molecule has 0 aliphatic rings. The van der Waals surface area contributed by atoms with Crippen molar-refractivity contribution in [2.45, 2.75) is 13.3 Å². The van der Waals surface area contributed by atoms with Gasteiger partial charge in [0.25, 0.3) is 5.91 Å². The van der Waals surface area contributed by atoms with Crippen molar-refractivity contribution in [3.63, 3.8) is 0 Å². The predicted octanol–water partition coefficient (Wildman–Crippen LogP) is 3.52. The van der Waals surface area contributed by atoms with Crippen molar-refractivity contribution in [2.24, 2.45) is 7.05 Å². The first-order valence-electron chi connectivity index (χ1n) is 9.37. The summed E-state index contributed by atoms with van der Waals surface area (Å²) >= 11 is 0. The molecule has 4 aromatic rings. The van der Waals surface area contributed by atoms with Crippen LogP contribution in [-0.2, 0) is 13.5 Å². The molecule has 0 atom stereocenters.